The summed E-state index contributed by atoms with van der Waals surface area (Å²) in [6, 6.07) is -0.324. The van der Waals surface area contributed by atoms with E-state index in [1.807, 2.05) is 13.8 Å². The van der Waals surface area contributed by atoms with E-state index in [9.17, 15) is 4.79 Å². The number of ether oxygens (including phenoxy) is 1. The molecule has 0 radical (unpaired) electrons. The van der Waals surface area contributed by atoms with Crippen LogP contribution in [-0.4, -0.2) is 40.1 Å². The Labute approximate surface area is 123 Å². The van der Waals surface area contributed by atoms with Crippen molar-refractivity contribution in [1.29, 1.82) is 0 Å². The van der Waals surface area contributed by atoms with Gasteiger partial charge in [-0.25, -0.2) is 0 Å². The molecule has 1 rings (SSSR count). The maximum atomic E-state index is 11.7. The van der Waals surface area contributed by atoms with Crippen molar-refractivity contribution in [3.05, 3.63) is 5.28 Å². The average Bonchev–Trinajstić information content (AvgIpc) is 2.41. The van der Waals surface area contributed by atoms with Gasteiger partial charge in [0, 0.05) is 6.54 Å². The highest BCUT2D eigenvalue weighted by Gasteiger charge is 2.14. The molecule has 0 spiro atoms. The molecule has 1 aromatic rings. The number of halogens is 1. The molecule has 0 aliphatic rings. The number of nitrogens with one attached hydrogen (secondary N) is 2. The first-order valence-electron chi connectivity index (χ1n) is 6.65. The van der Waals surface area contributed by atoms with E-state index in [2.05, 4.69) is 25.6 Å². The third-order valence-corrected chi connectivity index (χ3v) is 2.48. The lowest BCUT2D eigenvalue weighted by atomic mass is 10.3. The van der Waals surface area contributed by atoms with Crippen molar-refractivity contribution in [3.63, 3.8) is 0 Å². The Morgan fingerprint density at radius 2 is 2.05 bits per heavy atom. The molecule has 1 heterocycles. The quantitative estimate of drug-likeness (QED) is 0.759. The third kappa shape index (κ3) is 5.56. The molecule has 1 unspecified atom stereocenters. The van der Waals surface area contributed by atoms with Crippen LogP contribution in [0.1, 0.15) is 33.6 Å². The van der Waals surface area contributed by atoms with E-state index < -0.39 is 6.04 Å². The fourth-order valence-corrected chi connectivity index (χ4v) is 1.47. The van der Waals surface area contributed by atoms with E-state index in [1.54, 1.807) is 6.92 Å². The van der Waals surface area contributed by atoms with Crippen molar-refractivity contribution in [3.8, 4) is 6.01 Å². The zero-order valence-electron chi connectivity index (χ0n) is 11.9. The molecule has 0 aliphatic carbocycles. The molecule has 1 amide bonds. The van der Waals surface area contributed by atoms with Crippen LogP contribution >= 0.6 is 11.6 Å². The summed E-state index contributed by atoms with van der Waals surface area (Å²) in [4.78, 5) is 23.6. The molecule has 0 aromatic carbocycles. The van der Waals surface area contributed by atoms with Crippen molar-refractivity contribution in [2.24, 2.45) is 0 Å². The minimum Gasteiger partial charge on any atom is -0.463 e. The van der Waals surface area contributed by atoms with Crippen LogP contribution in [0.4, 0.5) is 5.95 Å². The number of amides is 1. The second-order valence-corrected chi connectivity index (χ2v) is 4.55. The van der Waals surface area contributed by atoms with Crippen LogP contribution in [0.3, 0.4) is 0 Å². The minimum absolute atomic E-state index is 0.0229. The Morgan fingerprint density at radius 1 is 1.30 bits per heavy atom. The monoisotopic (exact) mass is 301 g/mol. The normalized spacial score (nSPS) is 11.8. The van der Waals surface area contributed by atoms with E-state index in [0.29, 0.717) is 13.2 Å². The molecule has 0 saturated carbocycles. The highest BCUT2D eigenvalue weighted by Crippen LogP contribution is 2.12. The van der Waals surface area contributed by atoms with Crippen LogP contribution in [-0.2, 0) is 4.79 Å². The van der Waals surface area contributed by atoms with Gasteiger partial charge >= 0.3 is 6.01 Å². The van der Waals surface area contributed by atoms with Crippen LogP contribution in [0.5, 0.6) is 6.01 Å². The maximum Gasteiger partial charge on any atom is 0.322 e. The molecular formula is C12H20ClN5O2. The zero-order chi connectivity index (χ0) is 15.0. The van der Waals surface area contributed by atoms with Gasteiger partial charge in [0.2, 0.25) is 17.1 Å². The van der Waals surface area contributed by atoms with Gasteiger partial charge in [0.05, 0.1) is 6.61 Å². The average molecular weight is 302 g/mol. The topological polar surface area (TPSA) is 89.0 Å². The van der Waals surface area contributed by atoms with Crippen molar-refractivity contribution >= 4 is 23.5 Å². The Balaban J connectivity index is 2.66. The van der Waals surface area contributed by atoms with E-state index in [1.165, 1.54) is 0 Å². The number of anilines is 1. The van der Waals surface area contributed by atoms with Crippen molar-refractivity contribution in [2.45, 2.75) is 39.7 Å². The standard InChI is InChI=1S/C12H20ClN5O2/c1-4-6-14-9(19)8(3)15-11-16-10(13)17-12(18-11)20-7-5-2/h8H,4-7H2,1-3H3,(H,14,19)(H,15,16,17,18). The number of aromatic nitrogens is 3. The lowest BCUT2D eigenvalue weighted by molar-refractivity contribution is -0.121. The summed E-state index contributed by atoms with van der Waals surface area (Å²) in [5.41, 5.74) is 0. The Morgan fingerprint density at radius 3 is 2.70 bits per heavy atom. The first-order chi connectivity index (χ1) is 9.56. The number of nitrogens with zero attached hydrogens (tertiary/aromatic N) is 3. The van der Waals surface area contributed by atoms with Gasteiger partial charge in [0.15, 0.2) is 0 Å². The van der Waals surface area contributed by atoms with Crippen molar-refractivity contribution in [1.82, 2.24) is 20.3 Å². The fraction of sp³-hybridized carbons (Fsp3) is 0.667. The maximum absolute atomic E-state index is 11.7. The molecule has 0 fully saturated rings. The molecule has 0 aliphatic heterocycles. The second-order valence-electron chi connectivity index (χ2n) is 4.22. The highest BCUT2D eigenvalue weighted by atomic mass is 35.5. The summed E-state index contributed by atoms with van der Waals surface area (Å²) < 4.78 is 5.30. The van der Waals surface area contributed by atoms with Crippen LogP contribution in [0.25, 0.3) is 0 Å². The van der Waals surface area contributed by atoms with E-state index in [4.69, 9.17) is 16.3 Å². The van der Waals surface area contributed by atoms with Gasteiger partial charge in [-0.15, -0.1) is 0 Å². The predicted octanol–water partition coefficient (Wildman–Crippen LogP) is 1.64. The largest absolute Gasteiger partial charge is 0.463 e. The molecule has 8 heteroatoms. The first-order valence-corrected chi connectivity index (χ1v) is 7.03. The third-order valence-electron chi connectivity index (χ3n) is 2.31. The van der Waals surface area contributed by atoms with E-state index >= 15 is 0 Å². The van der Waals surface area contributed by atoms with Crippen LogP contribution in [0.2, 0.25) is 5.28 Å². The Hall–Kier alpha value is -1.63. The second kappa shape index (κ2) is 8.52. The van der Waals surface area contributed by atoms with Gasteiger partial charge in [-0.2, -0.15) is 15.0 Å². The van der Waals surface area contributed by atoms with Crippen molar-refractivity contribution < 1.29 is 9.53 Å². The molecule has 20 heavy (non-hydrogen) atoms. The van der Waals surface area contributed by atoms with E-state index in [-0.39, 0.29) is 23.1 Å². The van der Waals surface area contributed by atoms with E-state index in [0.717, 1.165) is 12.8 Å². The molecule has 0 bridgehead atoms. The van der Waals surface area contributed by atoms with Crippen LogP contribution in [0, 0.1) is 0 Å². The summed E-state index contributed by atoms with van der Waals surface area (Å²) >= 11 is 5.79. The number of hydrogen-bond acceptors (Lipinski definition) is 6. The lowest BCUT2D eigenvalue weighted by Gasteiger charge is -2.14. The smallest absolute Gasteiger partial charge is 0.322 e. The van der Waals surface area contributed by atoms with Gasteiger partial charge < -0.3 is 15.4 Å². The molecule has 0 saturated heterocycles. The molecule has 1 aromatic heterocycles. The fourth-order valence-electron chi connectivity index (χ4n) is 1.31. The summed E-state index contributed by atoms with van der Waals surface area (Å²) in [6.07, 6.45) is 1.72. The SMILES string of the molecule is CCCNC(=O)C(C)Nc1nc(Cl)nc(OCCC)n1. The van der Waals surface area contributed by atoms with Gasteiger partial charge in [-0.1, -0.05) is 13.8 Å². The summed E-state index contributed by atoms with van der Waals surface area (Å²) in [5, 5.41) is 5.67. The van der Waals surface area contributed by atoms with Gasteiger partial charge in [0.1, 0.15) is 6.04 Å². The number of rotatable bonds is 8. The summed E-state index contributed by atoms with van der Waals surface area (Å²) in [5.74, 6) is 0.0923. The lowest BCUT2D eigenvalue weighted by Crippen LogP contribution is -2.38. The molecular weight excluding hydrogens is 282 g/mol. The molecule has 2 N–H and O–H groups in total. The Bertz CT molecular complexity index is 444. The van der Waals surface area contributed by atoms with Crippen LogP contribution in [0.15, 0.2) is 0 Å². The molecule has 112 valence electrons. The van der Waals surface area contributed by atoms with Gasteiger partial charge in [-0.3, -0.25) is 4.79 Å². The number of carbonyl (C=O) groups is 1. The predicted molar refractivity (Wildman–Crippen MR) is 77.0 cm³/mol. The minimum atomic E-state index is -0.473. The summed E-state index contributed by atoms with van der Waals surface area (Å²) in [6.45, 7) is 6.80. The number of hydrogen-bond donors (Lipinski definition) is 2. The molecule has 7 nitrogen and oxygen atoms in total. The number of carbonyl (C=O) groups excluding carboxylic acids is 1. The molecule has 1 atom stereocenters. The first kappa shape index (κ1) is 16.4. The van der Waals surface area contributed by atoms with Crippen LogP contribution < -0.4 is 15.4 Å². The Kier molecular flexibility index (Phi) is 7.00. The zero-order valence-corrected chi connectivity index (χ0v) is 12.7. The summed E-state index contributed by atoms with van der Waals surface area (Å²) in [7, 11) is 0. The highest BCUT2D eigenvalue weighted by molar-refractivity contribution is 6.28. The van der Waals surface area contributed by atoms with Crippen molar-refractivity contribution in [2.75, 3.05) is 18.5 Å². The van der Waals surface area contributed by atoms with Gasteiger partial charge in [0.25, 0.3) is 0 Å². The van der Waals surface area contributed by atoms with Gasteiger partial charge in [-0.05, 0) is 31.4 Å².